The summed E-state index contributed by atoms with van der Waals surface area (Å²) in [5, 5.41) is 30.2. The quantitative estimate of drug-likeness (QED) is 0.632. The lowest BCUT2D eigenvalue weighted by Gasteiger charge is -2.20. The number of rotatable bonds is 4. The lowest BCUT2D eigenvalue weighted by Crippen LogP contribution is -2.48. The van der Waals surface area contributed by atoms with Crippen molar-refractivity contribution in [1.82, 2.24) is 10.2 Å². The summed E-state index contributed by atoms with van der Waals surface area (Å²) in [4.78, 5) is 24.6. The van der Waals surface area contributed by atoms with E-state index in [9.17, 15) is 24.9 Å². The molecule has 0 aromatic heterocycles. The highest BCUT2D eigenvalue weighted by molar-refractivity contribution is 5.83. The van der Waals surface area contributed by atoms with Crippen LogP contribution in [0.5, 0.6) is 5.75 Å². The molecule has 1 aliphatic rings. The fraction of sp³-hybridized carbons (Fsp3) is 0.429. The molecule has 114 valence electrons. The van der Waals surface area contributed by atoms with E-state index in [1.54, 1.807) is 12.1 Å². The second-order valence-electron chi connectivity index (χ2n) is 5.10. The highest BCUT2D eigenvalue weighted by atomic mass is 16.4. The smallest absolute Gasteiger partial charge is 0.326 e. The number of hydrogen-bond donors (Lipinski definition) is 4. The van der Waals surface area contributed by atoms with E-state index in [0.29, 0.717) is 18.5 Å². The third-order valence-corrected chi connectivity index (χ3v) is 3.42. The van der Waals surface area contributed by atoms with Crippen LogP contribution in [-0.4, -0.2) is 57.5 Å². The Morgan fingerprint density at radius 1 is 1.33 bits per heavy atom. The lowest BCUT2D eigenvalue weighted by molar-refractivity contribution is -0.139. The van der Waals surface area contributed by atoms with Crippen LogP contribution in [0.3, 0.4) is 0 Å². The van der Waals surface area contributed by atoms with Gasteiger partial charge in [-0.2, -0.15) is 0 Å². The molecular weight excluding hydrogens is 276 g/mol. The number of phenolic OH excluding ortho intramolecular Hbond substituents is 1. The van der Waals surface area contributed by atoms with Gasteiger partial charge in [-0.05, 0) is 24.1 Å². The second-order valence-corrected chi connectivity index (χ2v) is 5.10. The maximum Gasteiger partial charge on any atom is 0.326 e. The molecule has 1 unspecified atom stereocenters. The van der Waals surface area contributed by atoms with E-state index in [0.717, 1.165) is 0 Å². The SMILES string of the molecule is O=C(O)[C@H](Cc1ccc(O)cc1)NC(=O)N1CCC(O)C1. The average Bonchev–Trinajstić information content (AvgIpc) is 2.87. The molecule has 4 N–H and O–H groups in total. The van der Waals surface area contributed by atoms with Gasteiger partial charge in [0.2, 0.25) is 0 Å². The summed E-state index contributed by atoms with van der Waals surface area (Å²) >= 11 is 0. The molecule has 1 saturated heterocycles. The standard InChI is InChI=1S/C14H18N2O5/c17-10-3-1-9(2-4-10)7-12(13(19)20)15-14(21)16-6-5-11(18)8-16/h1-4,11-12,17-18H,5-8H2,(H,15,21)(H,19,20)/t11?,12-/m0/s1. The van der Waals surface area contributed by atoms with Crippen LogP contribution in [0.1, 0.15) is 12.0 Å². The molecule has 1 heterocycles. The van der Waals surface area contributed by atoms with Gasteiger partial charge in [-0.1, -0.05) is 12.1 Å². The van der Waals surface area contributed by atoms with Crippen LogP contribution in [0, 0.1) is 0 Å². The average molecular weight is 294 g/mol. The van der Waals surface area contributed by atoms with Crippen LogP contribution in [-0.2, 0) is 11.2 Å². The summed E-state index contributed by atoms with van der Waals surface area (Å²) in [5.74, 6) is -1.03. The van der Waals surface area contributed by atoms with E-state index in [4.69, 9.17) is 0 Å². The van der Waals surface area contributed by atoms with Gasteiger partial charge in [0.05, 0.1) is 6.10 Å². The van der Waals surface area contributed by atoms with Gasteiger partial charge in [-0.25, -0.2) is 9.59 Å². The maximum absolute atomic E-state index is 12.0. The van der Waals surface area contributed by atoms with E-state index in [2.05, 4.69) is 5.32 Å². The second kappa shape index (κ2) is 6.45. The van der Waals surface area contributed by atoms with Crippen molar-refractivity contribution in [2.24, 2.45) is 0 Å². The highest BCUT2D eigenvalue weighted by Crippen LogP contribution is 2.13. The number of aliphatic hydroxyl groups is 1. The number of β-amino-alcohol motifs (C(OH)–C–C–N with tert-alkyl or cyclic N) is 1. The van der Waals surface area contributed by atoms with Gasteiger partial charge in [0, 0.05) is 19.5 Å². The Hall–Kier alpha value is -2.28. The third-order valence-electron chi connectivity index (χ3n) is 3.42. The Kier molecular flexibility index (Phi) is 4.64. The van der Waals surface area contributed by atoms with Gasteiger partial charge in [0.15, 0.2) is 0 Å². The fourth-order valence-electron chi connectivity index (χ4n) is 2.23. The summed E-state index contributed by atoms with van der Waals surface area (Å²) in [5.41, 5.74) is 0.696. The number of nitrogens with zero attached hydrogens (tertiary/aromatic N) is 1. The molecule has 2 atom stereocenters. The molecule has 0 saturated carbocycles. The van der Waals surface area contributed by atoms with Crippen LogP contribution < -0.4 is 5.32 Å². The van der Waals surface area contributed by atoms with Crippen LogP contribution in [0.15, 0.2) is 24.3 Å². The Bertz CT molecular complexity index is 517. The summed E-state index contributed by atoms with van der Waals surface area (Å²) in [6, 6.07) is 4.60. The number of carbonyl (C=O) groups excluding carboxylic acids is 1. The van der Waals surface area contributed by atoms with Gasteiger partial charge in [0.25, 0.3) is 0 Å². The fourth-order valence-corrected chi connectivity index (χ4v) is 2.23. The summed E-state index contributed by atoms with van der Waals surface area (Å²) in [6.07, 6.45) is 0.0806. The molecule has 1 aliphatic heterocycles. The molecule has 0 radical (unpaired) electrons. The minimum atomic E-state index is -1.13. The summed E-state index contributed by atoms with van der Waals surface area (Å²) < 4.78 is 0. The molecule has 1 aromatic rings. The van der Waals surface area contributed by atoms with Gasteiger partial charge in [-0.15, -0.1) is 0 Å². The minimum absolute atomic E-state index is 0.0979. The van der Waals surface area contributed by atoms with Crippen LogP contribution in [0.2, 0.25) is 0 Å². The topological polar surface area (TPSA) is 110 Å². The molecule has 7 nitrogen and oxygen atoms in total. The van der Waals surface area contributed by atoms with E-state index in [1.165, 1.54) is 17.0 Å². The summed E-state index contributed by atoms with van der Waals surface area (Å²) in [7, 11) is 0. The Morgan fingerprint density at radius 2 is 2.00 bits per heavy atom. The van der Waals surface area contributed by atoms with Crippen molar-refractivity contribution in [2.45, 2.75) is 25.0 Å². The largest absolute Gasteiger partial charge is 0.508 e. The zero-order valence-electron chi connectivity index (χ0n) is 11.4. The minimum Gasteiger partial charge on any atom is -0.508 e. The van der Waals surface area contributed by atoms with Crippen molar-refractivity contribution >= 4 is 12.0 Å². The molecule has 0 spiro atoms. The predicted octanol–water partition coefficient (Wildman–Crippen LogP) is 0.164. The lowest BCUT2D eigenvalue weighted by atomic mass is 10.1. The maximum atomic E-state index is 12.0. The monoisotopic (exact) mass is 294 g/mol. The molecule has 7 heteroatoms. The first-order valence-electron chi connectivity index (χ1n) is 6.70. The number of likely N-dealkylation sites (tertiary alicyclic amines) is 1. The van der Waals surface area contributed by atoms with Crippen LogP contribution >= 0.6 is 0 Å². The van der Waals surface area contributed by atoms with Crippen molar-refractivity contribution in [3.05, 3.63) is 29.8 Å². The zero-order valence-corrected chi connectivity index (χ0v) is 11.4. The Morgan fingerprint density at radius 3 is 2.52 bits per heavy atom. The first-order valence-corrected chi connectivity index (χ1v) is 6.70. The van der Waals surface area contributed by atoms with Gasteiger partial charge in [0.1, 0.15) is 11.8 Å². The Labute approximate surface area is 121 Å². The van der Waals surface area contributed by atoms with E-state index in [1.807, 2.05) is 0 Å². The number of carboxylic acid groups (broad SMARTS) is 1. The number of carboxylic acids is 1. The molecule has 1 aromatic carbocycles. The molecule has 0 bridgehead atoms. The van der Waals surface area contributed by atoms with Gasteiger partial charge >= 0.3 is 12.0 Å². The number of carbonyl (C=O) groups is 2. The van der Waals surface area contributed by atoms with Crippen LogP contribution in [0.25, 0.3) is 0 Å². The van der Waals surface area contributed by atoms with Crippen molar-refractivity contribution in [2.75, 3.05) is 13.1 Å². The number of amides is 2. The third kappa shape index (κ3) is 4.09. The van der Waals surface area contributed by atoms with Crippen LogP contribution in [0.4, 0.5) is 4.79 Å². The van der Waals surface area contributed by atoms with E-state index in [-0.39, 0.29) is 18.7 Å². The Balaban J connectivity index is 1.97. The van der Waals surface area contributed by atoms with Gasteiger partial charge < -0.3 is 25.5 Å². The molecule has 1 fully saturated rings. The molecule has 2 amide bonds. The predicted molar refractivity (Wildman–Crippen MR) is 74.0 cm³/mol. The number of aliphatic hydroxyl groups excluding tert-OH is 1. The normalized spacial score (nSPS) is 19.3. The van der Waals surface area contributed by atoms with Crippen molar-refractivity contribution in [3.8, 4) is 5.75 Å². The number of aromatic hydroxyl groups is 1. The van der Waals surface area contributed by atoms with Crippen molar-refractivity contribution in [3.63, 3.8) is 0 Å². The zero-order chi connectivity index (χ0) is 15.4. The molecule has 2 rings (SSSR count). The van der Waals surface area contributed by atoms with Crippen molar-refractivity contribution in [1.29, 1.82) is 0 Å². The first-order chi connectivity index (χ1) is 9.95. The van der Waals surface area contributed by atoms with E-state index < -0.39 is 24.1 Å². The molecular formula is C14H18N2O5. The van der Waals surface area contributed by atoms with Gasteiger partial charge in [-0.3, -0.25) is 0 Å². The number of nitrogens with one attached hydrogen (secondary N) is 1. The van der Waals surface area contributed by atoms with E-state index >= 15 is 0 Å². The van der Waals surface area contributed by atoms with Crippen molar-refractivity contribution < 1.29 is 24.9 Å². The number of aliphatic carboxylic acids is 1. The number of urea groups is 1. The first kappa shape index (κ1) is 15.1. The molecule has 0 aliphatic carbocycles. The number of phenols is 1. The molecule has 21 heavy (non-hydrogen) atoms. The number of hydrogen-bond acceptors (Lipinski definition) is 4. The number of benzene rings is 1. The summed E-state index contributed by atoms with van der Waals surface area (Å²) in [6.45, 7) is 0.635. The highest BCUT2D eigenvalue weighted by Gasteiger charge is 2.28.